The first-order valence-electron chi connectivity index (χ1n) is 6.13. The van der Waals surface area contributed by atoms with Gasteiger partial charge in [-0.3, -0.25) is 4.79 Å². The number of fused-ring (bicyclic) bond motifs is 1. The van der Waals surface area contributed by atoms with Crippen molar-refractivity contribution >= 4 is 5.91 Å². The predicted molar refractivity (Wildman–Crippen MR) is 67.3 cm³/mol. The molecule has 1 aliphatic heterocycles. The molecule has 0 bridgehead atoms. The summed E-state index contributed by atoms with van der Waals surface area (Å²) in [6, 6.07) is 3.28. The van der Waals surface area contributed by atoms with Gasteiger partial charge in [-0.15, -0.1) is 0 Å². The minimum absolute atomic E-state index is 0.148. The van der Waals surface area contributed by atoms with Crippen LogP contribution in [0.2, 0.25) is 0 Å². The number of nitrogens with one attached hydrogen (secondary N) is 1. The summed E-state index contributed by atoms with van der Waals surface area (Å²) in [7, 11) is 0. The summed E-state index contributed by atoms with van der Waals surface area (Å²) in [6.07, 6.45) is -0.648. The van der Waals surface area contributed by atoms with Crippen LogP contribution in [0.5, 0.6) is 17.2 Å². The minimum atomic E-state index is -0.648. The van der Waals surface area contributed by atoms with E-state index in [1.807, 2.05) is 6.92 Å². The molecule has 1 unspecified atom stereocenters. The van der Waals surface area contributed by atoms with Crippen LogP contribution in [0, 0.1) is 0 Å². The van der Waals surface area contributed by atoms with Gasteiger partial charge in [-0.2, -0.15) is 0 Å². The number of carbonyl (C=O) groups is 1. The van der Waals surface area contributed by atoms with E-state index < -0.39 is 6.10 Å². The van der Waals surface area contributed by atoms with E-state index >= 15 is 0 Å². The molecule has 1 amide bonds. The van der Waals surface area contributed by atoms with Crippen LogP contribution in [-0.4, -0.2) is 30.5 Å². The first-order chi connectivity index (χ1) is 9.15. The molecule has 0 radical (unpaired) electrons. The van der Waals surface area contributed by atoms with Crippen molar-refractivity contribution in [2.75, 3.05) is 13.3 Å². The Kier molecular flexibility index (Phi) is 4.11. The van der Waals surface area contributed by atoms with Gasteiger partial charge in [-0.05, 0) is 19.9 Å². The van der Waals surface area contributed by atoms with E-state index in [0.717, 1.165) is 0 Å². The van der Waals surface area contributed by atoms with Gasteiger partial charge in [0.2, 0.25) is 6.79 Å². The van der Waals surface area contributed by atoms with Gasteiger partial charge in [0.25, 0.3) is 5.91 Å². The van der Waals surface area contributed by atoms with E-state index in [-0.39, 0.29) is 19.3 Å². The molecule has 0 fully saturated rings. The second kappa shape index (κ2) is 5.79. The van der Waals surface area contributed by atoms with Crippen molar-refractivity contribution in [2.45, 2.75) is 26.6 Å². The maximum absolute atomic E-state index is 11.6. The molecule has 6 nitrogen and oxygen atoms in total. The van der Waals surface area contributed by atoms with Gasteiger partial charge in [-0.25, -0.2) is 0 Å². The molecule has 1 aromatic rings. The fraction of sp³-hybridized carbons (Fsp3) is 0.462. The summed E-state index contributed by atoms with van der Waals surface area (Å²) in [5, 5.41) is 12.0. The molecule has 6 heteroatoms. The van der Waals surface area contributed by atoms with Crippen molar-refractivity contribution in [3.63, 3.8) is 0 Å². The number of hydrogen-bond acceptors (Lipinski definition) is 5. The van der Waals surface area contributed by atoms with Crippen LogP contribution in [0.4, 0.5) is 0 Å². The monoisotopic (exact) mass is 267 g/mol. The SMILES string of the molecule is CCNC(=O)C(C)Oc1cc2c(cc1CO)OCO2. The topological polar surface area (TPSA) is 77.0 Å². The van der Waals surface area contributed by atoms with Crippen LogP contribution in [0.15, 0.2) is 12.1 Å². The molecule has 0 spiro atoms. The molecule has 104 valence electrons. The van der Waals surface area contributed by atoms with Crippen molar-refractivity contribution in [1.29, 1.82) is 0 Å². The minimum Gasteiger partial charge on any atom is -0.480 e. The summed E-state index contributed by atoms with van der Waals surface area (Å²) in [6.45, 7) is 3.98. The number of benzene rings is 1. The second-order valence-electron chi connectivity index (χ2n) is 4.13. The molecule has 0 saturated heterocycles. The first kappa shape index (κ1) is 13.5. The van der Waals surface area contributed by atoms with E-state index in [2.05, 4.69) is 5.32 Å². The predicted octanol–water partition coefficient (Wildman–Crippen LogP) is 0.811. The number of amides is 1. The second-order valence-corrected chi connectivity index (χ2v) is 4.13. The summed E-state index contributed by atoms with van der Waals surface area (Å²) in [5.41, 5.74) is 0.556. The van der Waals surface area contributed by atoms with Crippen LogP contribution >= 0.6 is 0 Å². The molecule has 2 N–H and O–H groups in total. The third-order valence-electron chi connectivity index (χ3n) is 2.75. The lowest BCUT2D eigenvalue weighted by Crippen LogP contribution is -2.36. The molecule has 1 atom stereocenters. The van der Waals surface area contributed by atoms with Crippen LogP contribution < -0.4 is 19.5 Å². The zero-order chi connectivity index (χ0) is 13.8. The molecular formula is C13H17NO5. The highest BCUT2D eigenvalue weighted by atomic mass is 16.7. The Morgan fingerprint density at radius 2 is 2.16 bits per heavy atom. The standard InChI is InChI=1S/C13H17NO5/c1-3-14-13(16)8(2)19-10-5-12-11(17-7-18-12)4-9(10)6-15/h4-5,8,15H,3,6-7H2,1-2H3,(H,14,16). The largest absolute Gasteiger partial charge is 0.480 e. The molecule has 0 saturated carbocycles. The Balaban J connectivity index is 2.17. The highest BCUT2D eigenvalue weighted by Gasteiger charge is 2.21. The summed E-state index contributed by atoms with van der Waals surface area (Å²) in [5.74, 6) is 1.34. The lowest BCUT2D eigenvalue weighted by molar-refractivity contribution is -0.127. The lowest BCUT2D eigenvalue weighted by atomic mass is 10.2. The van der Waals surface area contributed by atoms with E-state index in [1.165, 1.54) is 0 Å². The highest BCUT2D eigenvalue weighted by Crippen LogP contribution is 2.38. The molecule has 1 aliphatic rings. The third-order valence-corrected chi connectivity index (χ3v) is 2.75. The van der Waals surface area contributed by atoms with Gasteiger partial charge in [0.1, 0.15) is 5.75 Å². The van der Waals surface area contributed by atoms with Gasteiger partial charge >= 0.3 is 0 Å². The fourth-order valence-electron chi connectivity index (χ4n) is 1.76. The van der Waals surface area contributed by atoms with Gasteiger partial charge in [0.15, 0.2) is 17.6 Å². The Morgan fingerprint density at radius 1 is 1.47 bits per heavy atom. The number of aliphatic hydroxyl groups excluding tert-OH is 1. The van der Waals surface area contributed by atoms with Crippen molar-refractivity contribution in [3.8, 4) is 17.2 Å². The summed E-state index contributed by atoms with van der Waals surface area (Å²) >= 11 is 0. The van der Waals surface area contributed by atoms with Gasteiger partial charge in [-0.1, -0.05) is 0 Å². The van der Waals surface area contributed by atoms with E-state index in [0.29, 0.717) is 29.4 Å². The first-order valence-corrected chi connectivity index (χ1v) is 6.13. The summed E-state index contributed by atoms with van der Waals surface area (Å²) in [4.78, 5) is 11.6. The zero-order valence-electron chi connectivity index (χ0n) is 10.9. The molecule has 0 aliphatic carbocycles. The van der Waals surface area contributed by atoms with Crippen molar-refractivity contribution < 1.29 is 24.1 Å². The normalized spacial score (nSPS) is 14.1. The Morgan fingerprint density at radius 3 is 2.79 bits per heavy atom. The number of carbonyl (C=O) groups excluding carboxylic acids is 1. The Labute approximate surface area is 111 Å². The van der Waals surface area contributed by atoms with Crippen molar-refractivity contribution in [1.82, 2.24) is 5.32 Å². The maximum Gasteiger partial charge on any atom is 0.260 e. The molecule has 0 aromatic heterocycles. The average molecular weight is 267 g/mol. The van der Waals surface area contributed by atoms with Crippen LogP contribution in [-0.2, 0) is 11.4 Å². The molecule has 1 aromatic carbocycles. The van der Waals surface area contributed by atoms with Crippen molar-refractivity contribution in [2.24, 2.45) is 0 Å². The molecular weight excluding hydrogens is 250 g/mol. The van der Waals surface area contributed by atoms with Crippen LogP contribution in [0.1, 0.15) is 19.4 Å². The van der Waals surface area contributed by atoms with Gasteiger partial charge in [0.05, 0.1) is 6.61 Å². The molecule has 2 rings (SSSR count). The summed E-state index contributed by atoms with van der Waals surface area (Å²) < 4.78 is 16.0. The number of aliphatic hydroxyl groups is 1. The Hall–Kier alpha value is -1.95. The van der Waals surface area contributed by atoms with E-state index in [4.69, 9.17) is 14.2 Å². The highest BCUT2D eigenvalue weighted by molar-refractivity contribution is 5.80. The van der Waals surface area contributed by atoms with Crippen LogP contribution in [0.3, 0.4) is 0 Å². The number of hydrogen-bond donors (Lipinski definition) is 2. The quantitative estimate of drug-likeness (QED) is 0.825. The maximum atomic E-state index is 11.6. The number of likely N-dealkylation sites (N-methyl/N-ethyl adjacent to an activating group) is 1. The lowest BCUT2D eigenvalue weighted by Gasteiger charge is -2.16. The van der Waals surface area contributed by atoms with Crippen LogP contribution in [0.25, 0.3) is 0 Å². The molecule has 1 heterocycles. The van der Waals surface area contributed by atoms with Gasteiger partial charge < -0.3 is 24.6 Å². The van der Waals surface area contributed by atoms with Gasteiger partial charge in [0, 0.05) is 18.2 Å². The Bertz CT molecular complexity index is 474. The number of rotatable bonds is 5. The molecule has 19 heavy (non-hydrogen) atoms. The number of ether oxygens (including phenoxy) is 3. The fourth-order valence-corrected chi connectivity index (χ4v) is 1.76. The van der Waals surface area contributed by atoms with E-state index in [9.17, 15) is 9.90 Å². The average Bonchev–Trinajstić information content (AvgIpc) is 2.85. The smallest absolute Gasteiger partial charge is 0.260 e. The third kappa shape index (κ3) is 2.90. The zero-order valence-corrected chi connectivity index (χ0v) is 10.9. The van der Waals surface area contributed by atoms with E-state index in [1.54, 1.807) is 19.1 Å². The van der Waals surface area contributed by atoms with Crippen molar-refractivity contribution in [3.05, 3.63) is 17.7 Å².